The lowest BCUT2D eigenvalue weighted by Crippen LogP contribution is -2.22. The number of anilines is 1. The molecule has 0 aliphatic carbocycles. The van der Waals surface area contributed by atoms with E-state index in [1.54, 1.807) is 6.20 Å². The normalized spacial score (nSPS) is 10.7. The van der Waals surface area contributed by atoms with Gasteiger partial charge in [-0.25, -0.2) is 0 Å². The monoisotopic (exact) mass is 294 g/mol. The van der Waals surface area contributed by atoms with Crippen LogP contribution in [0.1, 0.15) is 76.7 Å². The van der Waals surface area contributed by atoms with Crippen molar-refractivity contribution in [1.29, 1.82) is 0 Å². The molecule has 1 aromatic rings. The fraction of sp³-hybridized carbons (Fsp3) is 0.750. The summed E-state index contributed by atoms with van der Waals surface area (Å²) in [6, 6.07) is 0. The molecule has 21 heavy (non-hydrogen) atoms. The summed E-state index contributed by atoms with van der Waals surface area (Å²) in [6.07, 6.45) is 13.7. The number of carbonyl (C=O) groups is 1. The molecule has 0 aromatic carbocycles. The topological polar surface area (TPSA) is 83.8 Å². The summed E-state index contributed by atoms with van der Waals surface area (Å²) in [4.78, 5) is 11.7. The van der Waals surface area contributed by atoms with E-state index in [1.165, 1.54) is 44.9 Å². The van der Waals surface area contributed by atoms with Crippen molar-refractivity contribution in [1.82, 2.24) is 15.5 Å². The lowest BCUT2D eigenvalue weighted by atomic mass is 10.1. The number of amides is 1. The Balaban J connectivity index is 1.91. The zero-order chi connectivity index (χ0) is 15.3. The molecule has 0 radical (unpaired) electrons. The number of nitrogens with two attached hydrogens (primary N) is 1. The maximum absolute atomic E-state index is 11.7. The standard InChI is InChI=1S/C16H30N4O/c1-2-3-4-5-6-7-8-9-10-11-15(21)18-12-14-13-19-20-16(14)17/h13H,2-12H2,1H3,(H,18,21)(H3,17,19,20). The van der Waals surface area contributed by atoms with Gasteiger partial charge in [0.15, 0.2) is 0 Å². The first kappa shape index (κ1) is 17.5. The molecule has 5 nitrogen and oxygen atoms in total. The van der Waals surface area contributed by atoms with Crippen LogP contribution >= 0.6 is 0 Å². The number of aromatic nitrogens is 2. The van der Waals surface area contributed by atoms with Crippen LogP contribution in [-0.4, -0.2) is 16.1 Å². The fourth-order valence-corrected chi connectivity index (χ4v) is 2.34. The highest BCUT2D eigenvalue weighted by Crippen LogP contribution is 2.10. The second-order valence-electron chi connectivity index (χ2n) is 5.66. The van der Waals surface area contributed by atoms with Crippen molar-refractivity contribution >= 4 is 11.7 Å². The van der Waals surface area contributed by atoms with Crippen molar-refractivity contribution in [3.8, 4) is 0 Å². The van der Waals surface area contributed by atoms with E-state index in [2.05, 4.69) is 22.4 Å². The van der Waals surface area contributed by atoms with Crippen LogP contribution in [0, 0.1) is 0 Å². The summed E-state index contributed by atoms with van der Waals surface area (Å²) in [6.45, 7) is 2.70. The number of rotatable bonds is 12. The largest absolute Gasteiger partial charge is 0.384 e. The zero-order valence-corrected chi connectivity index (χ0v) is 13.3. The number of nitrogens with zero attached hydrogens (tertiary/aromatic N) is 1. The van der Waals surface area contributed by atoms with Crippen molar-refractivity contribution in [2.45, 2.75) is 77.7 Å². The Morgan fingerprint density at radius 1 is 1.14 bits per heavy atom. The van der Waals surface area contributed by atoms with Crippen LogP contribution in [0.15, 0.2) is 6.20 Å². The Kier molecular flexibility index (Phi) is 9.33. The third kappa shape index (κ3) is 8.38. The van der Waals surface area contributed by atoms with E-state index in [0.29, 0.717) is 18.8 Å². The molecule has 0 fully saturated rings. The third-order valence-electron chi connectivity index (χ3n) is 3.73. The number of hydrogen-bond acceptors (Lipinski definition) is 3. The quantitative estimate of drug-likeness (QED) is 0.516. The minimum Gasteiger partial charge on any atom is -0.384 e. The first-order chi connectivity index (χ1) is 10.2. The van der Waals surface area contributed by atoms with Gasteiger partial charge in [0.2, 0.25) is 5.91 Å². The van der Waals surface area contributed by atoms with Crippen LogP contribution in [0.5, 0.6) is 0 Å². The maximum Gasteiger partial charge on any atom is 0.220 e. The van der Waals surface area contributed by atoms with Gasteiger partial charge in [0.05, 0.1) is 6.20 Å². The number of nitrogen functional groups attached to an aromatic ring is 1. The van der Waals surface area contributed by atoms with E-state index in [1.807, 2.05) is 0 Å². The van der Waals surface area contributed by atoms with Gasteiger partial charge in [0.25, 0.3) is 0 Å². The highest BCUT2D eigenvalue weighted by atomic mass is 16.1. The molecular formula is C16H30N4O. The summed E-state index contributed by atoms with van der Waals surface area (Å²) in [5.41, 5.74) is 6.50. The number of aromatic amines is 1. The van der Waals surface area contributed by atoms with E-state index < -0.39 is 0 Å². The van der Waals surface area contributed by atoms with Gasteiger partial charge in [-0.3, -0.25) is 9.89 Å². The lowest BCUT2D eigenvalue weighted by molar-refractivity contribution is -0.121. The molecule has 5 heteroatoms. The molecule has 0 atom stereocenters. The molecule has 0 saturated carbocycles. The van der Waals surface area contributed by atoms with E-state index in [4.69, 9.17) is 5.73 Å². The van der Waals surface area contributed by atoms with E-state index in [0.717, 1.165) is 18.4 Å². The Morgan fingerprint density at radius 3 is 2.33 bits per heavy atom. The summed E-state index contributed by atoms with van der Waals surface area (Å²) >= 11 is 0. The summed E-state index contributed by atoms with van der Waals surface area (Å²) in [7, 11) is 0. The fourth-order valence-electron chi connectivity index (χ4n) is 2.34. The lowest BCUT2D eigenvalue weighted by Gasteiger charge is -2.04. The predicted molar refractivity (Wildman–Crippen MR) is 86.7 cm³/mol. The third-order valence-corrected chi connectivity index (χ3v) is 3.73. The molecule has 1 amide bonds. The Labute approximate surface area is 128 Å². The van der Waals surface area contributed by atoms with E-state index >= 15 is 0 Å². The van der Waals surface area contributed by atoms with Gasteiger partial charge in [-0.15, -0.1) is 0 Å². The maximum atomic E-state index is 11.7. The van der Waals surface area contributed by atoms with Crippen LogP contribution in [0.3, 0.4) is 0 Å². The van der Waals surface area contributed by atoms with Gasteiger partial charge < -0.3 is 11.1 Å². The van der Waals surface area contributed by atoms with Crippen molar-refractivity contribution in [3.05, 3.63) is 11.8 Å². The van der Waals surface area contributed by atoms with Crippen molar-refractivity contribution < 1.29 is 4.79 Å². The van der Waals surface area contributed by atoms with Crippen molar-refractivity contribution in [2.24, 2.45) is 0 Å². The SMILES string of the molecule is CCCCCCCCCCCC(=O)NCc1cn[nH]c1N. The molecule has 1 rings (SSSR count). The molecule has 120 valence electrons. The predicted octanol–water partition coefficient (Wildman–Crippen LogP) is 3.53. The molecule has 4 N–H and O–H groups in total. The van der Waals surface area contributed by atoms with Crippen LogP contribution < -0.4 is 11.1 Å². The second kappa shape index (κ2) is 11.2. The molecular weight excluding hydrogens is 264 g/mol. The molecule has 0 saturated heterocycles. The second-order valence-corrected chi connectivity index (χ2v) is 5.66. The van der Waals surface area contributed by atoms with Crippen LogP contribution in [-0.2, 0) is 11.3 Å². The first-order valence-corrected chi connectivity index (χ1v) is 8.28. The zero-order valence-electron chi connectivity index (χ0n) is 13.3. The number of hydrogen-bond donors (Lipinski definition) is 3. The van der Waals surface area contributed by atoms with Gasteiger partial charge in [-0.2, -0.15) is 5.10 Å². The van der Waals surface area contributed by atoms with Gasteiger partial charge in [-0.1, -0.05) is 58.3 Å². The summed E-state index contributed by atoms with van der Waals surface area (Å²) in [5, 5.41) is 9.35. The van der Waals surface area contributed by atoms with Crippen molar-refractivity contribution in [3.63, 3.8) is 0 Å². The minimum absolute atomic E-state index is 0.0959. The Bertz CT molecular complexity index is 389. The molecule has 0 aliphatic rings. The first-order valence-electron chi connectivity index (χ1n) is 8.28. The number of unbranched alkanes of at least 4 members (excludes halogenated alkanes) is 8. The Morgan fingerprint density at radius 2 is 1.76 bits per heavy atom. The highest BCUT2D eigenvalue weighted by Gasteiger charge is 2.04. The summed E-state index contributed by atoms with van der Waals surface area (Å²) in [5.74, 6) is 0.622. The number of nitrogens with one attached hydrogen (secondary N) is 2. The van der Waals surface area contributed by atoms with E-state index in [9.17, 15) is 4.79 Å². The molecule has 0 aliphatic heterocycles. The number of H-pyrrole nitrogens is 1. The molecule has 0 unspecified atom stereocenters. The van der Waals surface area contributed by atoms with Gasteiger partial charge in [0, 0.05) is 18.5 Å². The molecule has 1 aromatic heterocycles. The summed E-state index contributed by atoms with van der Waals surface area (Å²) < 4.78 is 0. The highest BCUT2D eigenvalue weighted by molar-refractivity contribution is 5.75. The van der Waals surface area contributed by atoms with Crippen LogP contribution in [0.2, 0.25) is 0 Å². The average Bonchev–Trinajstić information content (AvgIpc) is 2.89. The number of carbonyl (C=O) groups excluding carboxylic acids is 1. The molecule has 1 heterocycles. The Hall–Kier alpha value is -1.52. The van der Waals surface area contributed by atoms with Crippen molar-refractivity contribution in [2.75, 3.05) is 5.73 Å². The van der Waals surface area contributed by atoms with Gasteiger partial charge in [-0.05, 0) is 6.42 Å². The van der Waals surface area contributed by atoms with Gasteiger partial charge in [0.1, 0.15) is 5.82 Å². The van der Waals surface area contributed by atoms with Gasteiger partial charge >= 0.3 is 0 Å². The van der Waals surface area contributed by atoms with Crippen LogP contribution in [0.25, 0.3) is 0 Å². The smallest absolute Gasteiger partial charge is 0.220 e. The average molecular weight is 294 g/mol. The molecule has 0 bridgehead atoms. The minimum atomic E-state index is 0.0959. The van der Waals surface area contributed by atoms with E-state index in [-0.39, 0.29) is 5.91 Å². The molecule has 0 spiro atoms. The van der Waals surface area contributed by atoms with Crippen LogP contribution in [0.4, 0.5) is 5.82 Å².